The van der Waals surface area contributed by atoms with Gasteiger partial charge < -0.3 is 0 Å². The Labute approximate surface area is 105 Å². The zero-order valence-corrected chi connectivity index (χ0v) is 11.9. The molecule has 0 saturated heterocycles. The van der Waals surface area contributed by atoms with Gasteiger partial charge in [0, 0.05) is 0 Å². The summed E-state index contributed by atoms with van der Waals surface area (Å²) >= 11 is 0. The van der Waals surface area contributed by atoms with E-state index in [-0.39, 0.29) is 35.0 Å². The Hall–Kier alpha value is 0.480. The molecule has 13 heavy (non-hydrogen) atoms. The van der Waals surface area contributed by atoms with Gasteiger partial charge >= 0.3 is 29.6 Å². The summed E-state index contributed by atoms with van der Waals surface area (Å²) in [5, 5.41) is 0. The maximum atomic E-state index is 3.57. The summed E-state index contributed by atoms with van der Waals surface area (Å²) in [5.74, 6) is 0. The van der Waals surface area contributed by atoms with Crippen molar-refractivity contribution in [2.24, 2.45) is 5.41 Å². The minimum absolute atomic E-state index is 0. The summed E-state index contributed by atoms with van der Waals surface area (Å²) < 4.78 is 0. The first-order chi connectivity index (χ1) is 5.49. The van der Waals surface area contributed by atoms with Crippen LogP contribution in [0.2, 0.25) is 0 Å². The molecule has 0 bridgehead atoms. The van der Waals surface area contributed by atoms with Crippen LogP contribution in [0.5, 0.6) is 0 Å². The van der Waals surface area contributed by atoms with Gasteiger partial charge in [0.1, 0.15) is 0 Å². The Balaban J connectivity index is 0.00000144. The van der Waals surface area contributed by atoms with Crippen molar-refractivity contribution in [1.82, 2.24) is 0 Å². The molecule has 1 rings (SSSR count). The Morgan fingerprint density at radius 2 is 1.77 bits per heavy atom. The van der Waals surface area contributed by atoms with Gasteiger partial charge in [-0.15, -0.1) is 6.92 Å². The molecule has 0 aliphatic heterocycles. The summed E-state index contributed by atoms with van der Waals surface area (Å²) in [6.07, 6.45) is 5.99. The molecule has 0 nitrogen and oxygen atoms in total. The zero-order chi connectivity index (χ0) is 9.35. The fraction of sp³-hybridized carbons (Fsp3) is 0.667. The van der Waals surface area contributed by atoms with Gasteiger partial charge in [0.15, 0.2) is 0 Å². The average Bonchev–Trinajstić information content (AvgIpc) is 2.16. The van der Waals surface area contributed by atoms with Crippen molar-refractivity contribution < 1.29 is 29.6 Å². The van der Waals surface area contributed by atoms with Crippen LogP contribution < -0.4 is 29.6 Å². The van der Waals surface area contributed by atoms with Crippen molar-refractivity contribution in [1.29, 1.82) is 0 Å². The third-order valence-electron chi connectivity index (χ3n) is 2.92. The van der Waals surface area contributed by atoms with E-state index >= 15 is 0 Å². The van der Waals surface area contributed by atoms with Gasteiger partial charge in [0.25, 0.3) is 0 Å². The standard InChI is InChI=1S/C12H19.Na/c1-6-7-11-8-12(4,5)10(3)9(11)2;/h6-7H2,1-5H3;/q-1;+1. The summed E-state index contributed by atoms with van der Waals surface area (Å²) in [6.45, 7) is 11.2. The summed E-state index contributed by atoms with van der Waals surface area (Å²) in [6, 6.07) is 0. The van der Waals surface area contributed by atoms with Crippen molar-refractivity contribution in [3.8, 4) is 0 Å². The van der Waals surface area contributed by atoms with Crippen LogP contribution in [-0.2, 0) is 0 Å². The van der Waals surface area contributed by atoms with Crippen molar-refractivity contribution >= 4 is 0 Å². The van der Waals surface area contributed by atoms with E-state index < -0.39 is 0 Å². The van der Waals surface area contributed by atoms with Crippen molar-refractivity contribution in [3.63, 3.8) is 0 Å². The van der Waals surface area contributed by atoms with Crippen LogP contribution in [0.4, 0.5) is 0 Å². The quantitative estimate of drug-likeness (QED) is 0.444. The molecule has 0 spiro atoms. The first-order valence-electron chi connectivity index (χ1n) is 4.81. The molecule has 0 aromatic heterocycles. The number of hydrogen-bond donors (Lipinski definition) is 0. The van der Waals surface area contributed by atoms with Gasteiger partial charge in [-0.3, -0.25) is 6.08 Å². The molecule has 0 unspecified atom stereocenters. The molecule has 68 valence electrons. The molecule has 0 N–H and O–H groups in total. The summed E-state index contributed by atoms with van der Waals surface area (Å²) in [5.41, 5.74) is 4.60. The van der Waals surface area contributed by atoms with Crippen LogP contribution in [0.1, 0.15) is 47.5 Å². The molecule has 1 aliphatic carbocycles. The third kappa shape index (κ3) is 2.71. The minimum atomic E-state index is 0. The Bertz CT molecular complexity index is 244. The molecule has 0 atom stereocenters. The molecule has 1 aliphatic rings. The van der Waals surface area contributed by atoms with E-state index in [1.807, 2.05) is 0 Å². The Morgan fingerprint density at radius 1 is 1.23 bits per heavy atom. The second-order valence-corrected chi connectivity index (χ2v) is 4.23. The molecule has 0 amide bonds. The van der Waals surface area contributed by atoms with Crippen LogP contribution >= 0.6 is 0 Å². The van der Waals surface area contributed by atoms with Gasteiger partial charge in [-0.05, 0) is 0 Å². The summed E-state index contributed by atoms with van der Waals surface area (Å²) in [4.78, 5) is 0. The third-order valence-corrected chi connectivity index (χ3v) is 2.92. The van der Waals surface area contributed by atoms with Gasteiger partial charge in [0.2, 0.25) is 0 Å². The topological polar surface area (TPSA) is 0 Å². The predicted molar refractivity (Wildman–Crippen MR) is 53.8 cm³/mol. The number of hydrogen-bond acceptors (Lipinski definition) is 0. The summed E-state index contributed by atoms with van der Waals surface area (Å²) in [7, 11) is 0. The molecule has 0 fully saturated rings. The van der Waals surface area contributed by atoms with E-state index in [2.05, 4.69) is 40.7 Å². The van der Waals surface area contributed by atoms with E-state index in [9.17, 15) is 0 Å². The fourth-order valence-corrected chi connectivity index (χ4v) is 1.76. The van der Waals surface area contributed by atoms with Crippen molar-refractivity contribution in [2.75, 3.05) is 0 Å². The van der Waals surface area contributed by atoms with Crippen molar-refractivity contribution in [2.45, 2.75) is 47.5 Å². The average molecular weight is 186 g/mol. The first kappa shape index (κ1) is 13.5. The number of rotatable bonds is 2. The minimum Gasteiger partial charge on any atom is -0.263 e. The molecular weight excluding hydrogens is 167 g/mol. The van der Waals surface area contributed by atoms with Crippen LogP contribution in [-0.4, -0.2) is 0 Å². The number of allylic oxidation sites excluding steroid dienone is 4. The second-order valence-electron chi connectivity index (χ2n) is 4.23. The first-order valence-corrected chi connectivity index (χ1v) is 4.81. The molecule has 1 heteroatoms. The molecule has 0 saturated carbocycles. The SMILES string of the molecule is CCCC1=[C-]C(C)(C)C(C)=C1C.[Na+]. The van der Waals surface area contributed by atoms with Crippen molar-refractivity contribution in [3.05, 3.63) is 22.8 Å². The second kappa shape index (κ2) is 4.82. The van der Waals surface area contributed by atoms with Gasteiger partial charge in [-0.1, -0.05) is 46.0 Å². The fourth-order valence-electron chi connectivity index (χ4n) is 1.76. The normalized spacial score (nSPS) is 19.9. The Morgan fingerprint density at radius 3 is 2.08 bits per heavy atom. The van der Waals surface area contributed by atoms with Crippen LogP contribution in [0, 0.1) is 11.5 Å². The maximum Gasteiger partial charge on any atom is 1.00 e. The molecule has 0 aromatic rings. The van der Waals surface area contributed by atoms with E-state index in [1.54, 1.807) is 0 Å². The smallest absolute Gasteiger partial charge is 0.263 e. The van der Waals surface area contributed by atoms with Crippen LogP contribution in [0.25, 0.3) is 0 Å². The maximum absolute atomic E-state index is 3.57. The van der Waals surface area contributed by atoms with E-state index in [0.29, 0.717) is 0 Å². The van der Waals surface area contributed by atoms with Crippen LogP contribution in [0.3, 0.4) is 0 Å². The molecule has 0 aromatic carbocycles. The Kier molecular flexibility index (Phi) is 4.99. The predicted octanol–water partition coefficient (Wildman–Crippen LogP) is 0.896. The molecule has 0 heterocycles. The van der Waals surface area contributed by atoms with Crippen LogP contribution in [0.15, 0.2) is 16.7 Å². The van der Waals surface area contributed by atoms with E-state index in [4.69, 9.17) is 0 Å². The molecule has 0 radical (unpaired) electrons. The molecular formula is C12H19Na. The zero-order valence-electron chi connectivity index (χ0n) is 9.91. The largest absolute Gasteiger partial charge is 1.00 e. The van der Waals surface area contributed by atoms with E-state index in [0.717, 1.165) is 0 Å². The van der Waals surface area contributed by atoms with Gasteiger partial charge in [0.05, 0.1) is 0 Å². The van der Waals surface area contributed by atoms with Gasteiger partial charge in [-0.2, -0.15) is 11.1 Å². The monoisotopic (exact) mass is 186 g/mol. The van der Waals surface area contributed by atoms with E-state index in [1.165, 1.54) is 29.6 Å². The van der Waals surface area contributed by atoms with Gasteiger partial charge in [-0.25, -0.2) is 5.57 Å².